The Bertz CT molecular complexity index is 1220. The molecule has 0 aliphatic heterocycles. The molecule has 8 heteroatoms. The van der Waals surface area contributed by atoms with Crippen LogP contribution in [-0.2, 0) is 13.6 Å². The van der Waals surface area contributed by atoms with E-state index in [1.807, 2.05) is 23.7 Å². The average Bonchev–Trinajstić information content (AvgIpc) is 3.42. The molecule has 0 unspecified atom stereocenters. The van der Waals surface area contributed by atoms with Gasteiger partial charge in [0.05, 0.1) is 29.6 Å². The number of carbonyl (C=O) groups excluding carboxylic acids is 2. The SMILES string of the molecule is CN(Cc1cncn1C)C(=O)c1cc2c(C(=O)NCC34CC5CC(CC(C5)C3)C4)cccn2n1. The molecule has 0 aromatic carbocycles. The molecule has 4 aliphatic rings. The minimum absolute atomic E-state index is 0.0801. The number of aromatic nitrogens is 4. The Morgan fingerprint density at radius 3 is 2.53 bits per heavy atom. The first-order valence-electron chi connectivity index (χ1n) is 12.4. The normalized spacial score (nSPS) is 27.3. The maximum atomic E-state index is 13.3. The Balaban J connectivity index is 1.18. The lowest BCUT2D eigenvalue weighted by molar-refractivity contribution is -0.0503. The number of hydrogen-bond acceptors (Lipinski definition) is 4. The first kappa shape index (κ1) is 21.4. The molecular formula is C26H32N6O2. The van der Waals surface area contributed by atoms with Crippen LogP contribution in [0.2, 0.25) is 0 Å². The second kappa shape index (κ2) is 7.96. The second-order valence-electron chi connectivity index (χ2n) is 11.0. The van der Waals surface area contributed by atoms with Crippen LogP contribution in [0, 0.1) is 23.2 Å². The van der Waals surface area contributed by atoms with E-state index >= 15 is 0 Å². The van der Waals surface area contributed by atoms with Crippen LogP contribution in [0.1, 0.15) is 65.1 Å². The van der Waals surface area contributed by atoms with Gasteiger partial charge in [-0.15, -0.1) is 0 Å². The summed E-state index contributed by atoms with van der Waals surface area (Å²) in [6.45, 7) is 1.19. The first-order valence-corrected chi connectivity index (χ1v) is 12.4. The van der Waals surface area contributed by atoms with Gasteiger partial charge in [0.2, 0.25) is 0 Å². The largest absolute Gasteiger partial charge is 0.351 e. The molecule has 4 fully saturated rings. The molecule has 34 heavy (non-hydrogen) atoms. The highest BCUT2D eigenvalue weighted by Gasteiger charge is 2.50. The third-order valence-corrected chi connectivity index (χ3v) is 8.42. The monoisotopic (exact) mass is 460 g/mol. The number of nitrogens with one attached hydrogen (secondary N) is 1. The highest BCUT2D eigenvalue weighted by atomic mass is 16.2. The molecule has 2 amide bonds. The van der Waals surface area contributed by atoms with Crippen LogP contribution in [-0.4, -0.2) is 49.5 Å². The summed E-state index contributed by atoms with van der Waals surface area (Å²) in [4.78, 5) is 32.0. The van der Waals surface area contributed by atoms with Gasteiger partial charge < -0.3 is 14.8 Å². The quantitative estimate of drug-likeness (QED) is 0.612. The van der Waals surface area contributed by atoms with Crippen molar-refractivity contribution in [2.75, 3.05) is 13.6 Å². The predicted octanol–water partition coefficient (Wildman–Crippen LogP) is 3.29. The number of aryl methyl sites for hydroxylation is 1. The Hall–Kier alpha value is -3.16. The molecule has 3 heterocycles. The highest BCUT2D eigenvalue weighted by molar-refractivity contribution is 6.02. The van der Waals surface area contributed by atoms with E-state index < -0.39 is 0 Å². The molecule has 8 nitrogen and oxygen atoms in total. The smallest absolute Gasteiger partial charge is 0.274 e. The number of hydrogen-bond donors (Lipinski definition) is 1. The molecule has 0 radical (unpaired) electrons. The Morgan fingerprint density at radius 1 is 1.18 bits per heavy atom. The zero-order valence-electron chi connectivity index (χ0n) is 19.9. The van der Waals surface area contributed by atoms with Crippen molar-refractivity contribution in [3.8, 4) is 0 Å². The van der Waals surface area contributed by atoms with Crippen molar-refractivity contribution in [2.24, 2.45) is 30.2 Å². The number of fused-ring (bicyclic) bond motifs is 1. The van der Waals surface area contributed by atoms with Gasteiger partial charge in [-0.1, -0.05) is 0 Å². The minimum Gasteiger partial charge on any atom is -0.351 e. The molecule has 4 bridgehead atoms. The van der Waals surface area contributed by atoms with E-state index in [2.05, 4.69) is 15.4 Å². The number of nitrogens with zero attached hydrogens (tertiary/aromatic N) is 5. The van der Waals surface area contributed by atoms with Crippen molar-refractivity contribution in [2.45, 2.75) is 45.1 Å². The van der Waals surface area contributed by atoms with Gasteiger partial charge in [0, 0.05) is 33.0 Å². The first-order chi connectivity index (χ1) is 16.4. The van der Waals surface area contributed by atoms with Crippen LogP contribution in [0.15, 0.2) is 36.9 Å². The minimum atomic E-state index is -0.190. The number of imidazole rings is 1. The Morgan fingerprint density at radius 2 is 1.88 bits per heavy atom. The molecule has 0 spiro atoms. The van der Waals surface area contributed by atoms with Crippen LogP contribution in [0.5, 0.6) is 0 Å². The van der Waals surface area contributed by atoms with E-state index in [4.69, 9.17) is 0 Å². The molecular weight excluding hydrogens is 428 g/mol. The molecule has 4 aliphatic carbocycles. The number of rotatable bonds is 6. The van der Waals surface area contributed by atoms with E-state index in [1.54, 1.807) is 41.3 Å². The van der Waals surface area contributed by atoms with Gasteiger partial charge >= 0.3 is 0 Å². The lowest BCUT2D eigenvalue weighted by atomic mass is 9.49. The zero-order chi connectivity index (χ0) is 23.4. The standard InChI is InChI=1S/C26H32N6O2/c1-30(14-20-13-27-16-31(20)2)25(34)22-9-23-21(4-3-5-32(23)29-22)24(33)28-15-26-10-17-6-18(11-26)8-19(7-17)12-26/h3-5,9,13,16-19H,6-8,10-12,14-15H2,1-2H3,(H,28,33). The summed E-state index contributed by atoms with van der Waals surface area (Å²) in [5.41, 5.74) is 2.76. The summed E-state index contributed by atoms with van der Waals surface area (Å²) >= 11 is 0. The van der Waals surface area contributed by atoms with Crippen molar-refractivity contribution in [3.63, 3.8) is 0 Å². The van der Waals surface area contributed by atoms with Crippen molar-refractivity contribution >= 4 is 17.3 Å². The van der Waals surface area contributed by atoms with Gasteiger partial charge in [-0.25, -0.2) is 9.50 Å². The predicted molar refractivity (Wildman–Crippen MR) is 127 cm³/mol. The zero-order valence-corrected chi connectivity index (χ0v) is 19.9. The fraction of sp³-hybridized carbons (Fsp3) is 0.538. The molecule has 3 aromatic rings. The maximum Gasteiger partial charge on any atom is 0.274 e. The summed E-state index contributed by atoms with van der Waals surface area (Å²) in [6, 6.07) is 5.36. The molecule has 4 saturated carbocycles. The third-order valence-electron chi connectivity index (χ3n) is 8.42. The molecule has 3 aromatic heterocycles. The van der Waals surface area contributed by atoms with Crippen LogP contribution in [0.4, 0.5) is 0 Å². The van der Waals surface area contributed by atoms with Crippen molar-refractivity contribution < 1.29 is 9.59 Å². The van der Waals surface area contributed by atoms with Gasteiger partial charge in [0.1, 0.15) is 0 Å². The summed E-state index contributed by atoms with van der Waals surface area (Å²) in [6.07, 6.45) is 13.2. The lowest BCUT2D eigenvalue weighted by Gasteiger charge is -2.56. The summed E-state index contributed by atoms with van der Waals surface area (Å²) < 4.78 is 3.52. The van der Waals surface area contributed by atoms with Crippen LogP contribution in [0.3, 0.4) is 0 Å². The number of amides is 2. The average molecular weight is 461 g/mol. The summed E-state index contributed by atoms with van der Waals surface area (Å²) in [7, 11) is 3.65. The van der Waals surface area contributed by atoms with E-state index in [9.17, 15) is 9.59 Å². The molecule has 7 rings (SSSR count). The molecule has 178 valence electrons. The van der Waals surface area contributed by atoms with Crippen LogP contribution in [0.25, 0.3) is 5.52 Å². The molecule has 0 atom stereocenters. The van der Waals surface area contributed by atoms with Gasteiger partial charge in [0.25, 0.3) is 11.8 Å². The van der Waals surface area contributed by atoms with Crippen LogP contribution < -0.4 is 5.32 Å². The van der Waals surface area contributed by atoms with Gasteiger partial charge in [-0.3, -0.25) is 9.59 Å². The Kier molecular flexibility index (Phi) is 5.00. The van der Waals surface area contributed by atoms with Crippen LogP contribution >= 0.6 is 0 Å². The fourth-order valence-electron chi connectivity index (χ4n) is 7.23. The molecule has 0 saturated heterocycles. The maximum absolute atomic E-state index is 13.3. The third kappa shape index (κ3) is 3.69. The number of carbonyl (C=O) groups is 2. The van der Waals surface area contributed by atoms with Crippen molar-refractivity contribution in [3.05, 3.63) is 53.9 Å². The van der Waals surface area contributed by atoms with E-state index in [0.717, 1.165) is 30.0 Å². The topological polar surface area (TPSA) is 84.5 Å². The summed E-state index contributed by atoms with van der Waals surface area (Å²) in [5, 5.41) is 7.73. The fourth-order valence-corrected chi connectivity index (χ4v) is 7.23. The van der Waals surface area contributed by atoms with E-state index in [1.165, 1.54) is 38.5 Å². The second-order valence-corrected chi connectivity index (χ2v) is 11.0. The van der Waals surface area contributed by atoms with Crippen molar-refractivity contribution in [1.29, 1.82) is 0 Å². The highest BCUT2D eigenvalue weighted by Crippen LogP contribution is 2.59. The summed E-state index contributed by atoms with van der Waals surface area (Å²) in [5.74, 6) is 2.31. The van der Waals surface area contributed by atoms with Gasteiger partial charge in [-0.05, 0) is 79.9 Å². The Labute approximate surface area is 199 Å². The van der Waals surface area contributed by atoms with E-state index in [-0.39, 0.29) is 17.2 Å². The van der Waals surface area contributed by atoms with E-state index in [0.29, 0.717) is 23.3 Å². The lowest BCUT2D eigenvalue weighted by Crippen LogP contribution is -2.51. The van der Waals surface area contributed by atoms with Gasteiger partial charge in [-0.2, -0.15) is 5.10 Å². The van der Waals surface area contributed by atoms with Crippen molar-refractivity contribution in [1.82, 2.24) is 29.4 Å². The number of pyridine rings is 1. The molecule has 1 N–H and O–H groups in total. The van der Waals surface area contributed by atoms with Gasteiger partial charge in [0.15, 0.2) is 5.69 Å².